The standard InChI is InChI=1S/C64H36N6S2/c65-37-51-41(24-15-27-54(51)69-52-25-11-7-20-42(52)47-33-49-44-22-9-13-28-58(44)71-60(49)35-56(47)69)40-30-31-46(64-67-62(38-16-3-1-4-17-38)66-63(68-64)39-18-5-2-6-19-39)55(32-40)70-53-26-12-8-21-43(53)48-34-50-45-23-10-14-29-59(45)72-61(50)36-57(48)70/h1-36H. The molecule has 5 aromatic heterocycles. The van der Waals surface area contributed by atoms with E-state index in [1.807, 2.05) is 83.3 Å². The van der Waals surface area contributed by atoms with E-state index in [1.165, 1.54) is 40.3 Å². The zero-order valence-corrected chi connectivity index (χ0v) is 39.9. The van der Waals surface area contributed by atoms with Crippen molar-refractivity contribution in [1.29, 1.82) is 5.26 Å². The van der Waals surface area contributed by atoms with Gasteiger partial charge in [0.1, 0.15) is 6.07 Å². The fourth-order valence-electron chi connectivity index (χ4n) is 11.0. The SMILES string of the molecule is N#Cc1c(-c2ccc(-c3nc(-c4ccccc4)nc(-c4ccccc4)n3)c(-n3c4ccccc4c4cc5c(cc43)sc3ccccc35)c2)cccc1-n1c2ccccc2c2cc3c(cc21)sc1ccccc13. The fraction of sp³-hybridized carbons (Fsp3) is 0. The third kappa shape index (κ3) is 6.15. The highest BCUT2D eigenvalue weighted by Crippen LogP contribution is 2.45. The summed E-state index contributed by atoms with van der Waals surface area (Å²) in [7, 11) is 0. The molecular formula is C64H36N6S2. The normalized spacial score (nSPS) is 11.9. The molecule has 72 heavy (non-hydrogen) atoms. The molecule has 0 aliphatic heterocycles. The number of rotatable bonds is 6. The van der Waals surface area contributed by atoms with Crippen LogP contribution in [-0.4, -0.2) is 24.1 Å². The molecule has 6 nitrogen and oxygen atoms in total. The summed E-state index contributed by atoms with van der Waals surface area (Å²) < 4.78 is 9.60. The number of thiophene rings is 2. The van der Waals surface area contributed by atoms with Crippen molar-refractivity contribution in [3.63, 3.8) is 0 Å². The number of hydrogen-bond acceptors (Lipinski definition) is 6. The molecule has 15 rings (SSSR count). The first-order valence-corrected chi connectivity index (χ1v) is 25.5. The Morgan fingerprint density at radius 3 is 1.36 bits per heavy atom. The van der Waals surface area contributed by atoms with Crippen LogP contribution in [0.25, 0.3) is 141 Å². The van der Waals surface area contributed by atoms with Gasteiger partial charge in [0.2, 0.25) is 0 Å². The molecule has 5 heterocycles. The fourth-order valence-corrected chi connectivity index (χ4v) is 13.2. The molecule has 0 saturated heterocycles. The van der Waals surface area contributed by atoms with Crippen LogP contribution in [0.3, 0.4) is 0 Å². The molecule has 0 atom stereocenters. The van der Waals surface area contributed by atoms with E-state index in [1.54, 1.807) is 0 Å². The predicted octanol–water partition coefficient (Wildman–Crippen LogP) is 17.3. The number of fused-ring (bicyclic) bond motifs is 12. The lowest BCUT2D eigenvalue weighted by Gasteiger charge is -2.18. The van der Waals surface area contributed by atoms with Gasteiger partial charge in [0.05, 0.1) is 39.0 Å². The van der Waals surface area contributed by atoms with Crippen molar-refractivity contribution >= 4 is 107 Å². The van der Waals surface area contributed by atoms with E-state index in [9.17, 15) is 5.26 Å². The molecular weight excluding hydrogens is 917 g/mol. The van der Waals surface area contributed by atoms with Crippen LogP contribution in [0.15, 0.2) is 218 Å². The van der Waals surface area contributed by atoms with Crippen LogP contribution in [0.4, 0.5) is 0 Å². The van der Waals surface area contributed by atoms with Crippen LogP contribution in [0.2, 0.25) is 0 Å². The minimum atomic E-state index is 0.546. The van der Waals surface area contributed by atoms with Gasteiger partial charge in [-0.3, -0.25) is 0 Å². The van der Waals surface area contributed by atoms with Crippen LogP contribution < -0.4 is 0 Å². The first-order chi connectivity index (χ1) is 35.6. The molecule has 0 bridgehead atoms. The molecule has 0 spiro atoms. The van der Waals surface area contributed by atoms with Crippen LogP contribution >= 0.6 is 22.7 Å². The van der Waals surface area contributed by atoms with Gasteiger partial charge in [0.25, 0.3) is 0 Å². The number of aromatic nitrogens is 5. The molecule has 0 aliphatic carbocycles. The monoisotopic (exact) mass is 952 g/mol. The van der Waals surface area contributed by atoms with Crippen molar-refractivity contribution in [2.75, 3.05) is 0 Å². The summed E-state index contributed by atoms with van der Waals surface area (Å²) in [6.45, 7) is 0. The minimum absolute atomic E-state index is 0.546. The molecule has 10 aromatic carbocycles. The van der Waals surface area contributed by atoms with E-state index in [-0.39, 0.29) is 0 Å². The van der Waals surface area contributed by atoms with Gasteiger partial charge >= 0.3 is 0 Å². The average molecular weight is 953 g/mol. The second-order valence-corrected chi connectivity index (χ2v) is 20.4. The first-order valence-electron chi connectivity index (χ1n) is 23.9. The summed E-state index contributed by atoms with van der Waals surface area (Å²) in [4.78, 5) is 15.7. The quantitative estimate of drug-likeness (QED) is 0.166. The Hall–Kier alpha value is -9.26. The van der Waals surface area contributed by atoms with Gasteiger partial charge in [-0.25, -0.2) is 15.0 Å². The maximum Gasteiger partial charge on any atom is 0.166 e. The lowest BCUT2D eigenvalue weighted by molar-refractivity contribution is 1.06. The van der Waals surface area contributed by atoms with Gasteiger partial charge in [0, 0.05) is 84.1 Å². The van der Waals surface area contributed by atoms with E-state index in [0.29, 0.717) is 23.0 Å². The number of nitrogens with zero attached hydrogens (tertiary/aromatic N) is 6. The van der Waals surface area contributed by atoms with Crippen molar-refractivity contribution < 1.29 is 0 Å². The molecule has 0 unspecified atom stereocenters. The maximum absolute atomic E-state index is 11.5. The van der Waals surface area contributed by atoms with E-state index >= 15 is 0 Å². The van der Waals surface area contributed by atoms with Gasteiger partial charge in [-0.1, -0.05) is 152 Å². The van der Waals surface area contributed by atoms with Gasteiger partial charge in [-0.2, -0.15) is 5.26 Å². The number of hydrogen-bond donors (Lipinski definition) is 0. The largest absolute Gasteiger partial charge is 0.308 e. The highest BCUT2D eigenvalue weighted by molar-refractivity contribution is 7.26. The third-order valence-corrected chi connectivity index (χ3v) is 16.5. The molecule has 0 radical (unpaired) electrons. The molecule has 8 heteroatoms. The van der Waals surface area contributed by atoms with Gasteiger partial charge in [-0.05, 0) is 72.3 Å². The summed E-state index contributed by atoms with van der Waals surface area (Å²) in [5, 5.41) is 21.1. The van der Waals surface area contributed by atoms with E-state index < -0.39 is 0 Å². The van der Waals surface area contributed by atoms with Crippen LogP contribution in [0.1, 0.15) is 5.56 Å². The molecule has 0 amide bonds. The Labute approximate surface area is 420 Å². The Morgan fingerprint density at radius 2 is 0.806 bits per heavy atom. The van der Waals surface area contributed by atoms with Crippen molar-refractivity contribution in [2.45, 2.75) is 0 Å². The van der Waals surface area contributed by atoms with Crippen LogP contribution in [0.5, 0.6) is 0 Å². The summed E-state index contributed by atoms with van der Waals surface area (Å²) in [5.74, 6) is 1.72. The van der Waals surface area contributed by atoms with E-state index in [4.69, 9.17) is 15.0 Å². The Morgan fingerprint density at radius 1 is 0.319 bits per heavy atom. The van der Waals surface area contributed by atoms with Crippen LogP contribution in [0, 0.1) is 11.3 Å². The topological polar surface area (TPSA) is 72.3 Å². The number of para-hydroxylation sites is 2. The summed E-state index contributed by atoms with van der Waals surface area (Å²) in [6, 6.07) is 79.6. The minimum Gasteiger partial charge on any atom is -0.308 e. The zero-order valence-electron chi connectivity index (χ0n) is 38.3. The van der Waals surface area contributed by atoms with Crippen molar-refractivity contribution in [3.05, 3.63) is 224 Å². The van der Waals surface area contributed by atoms with Crippen LogP contribution in [-0.2, 0) is 0 Å². The lowest BCUT2D eigenvalue weighted by Crippen LogP contribution is -2.04. The molecule has 0 N–H and O–H groups in total. The van der Waals surface area contributed by atoms with Crippen molar-refractivity contribution in [2.24, 2.45) is 0 Å². The van der Waals surface area contributed by atoms with Crippen molar-refractivity contribution in [1.82, 2.24) is 24.1 Å². The summed E-state index contributed by atoms with van der Waals surface area (Å²) in [6.07, 6.45) is 0. The Kier molecular flexibility index (Phi) is 8.96. The molecule has 15 aromatic rings. The molecule has 0 fully saturated rings. The maximum atomic E-state index is 11.5. The second-order valence-electron chi connectivity index (χ2n) is 18.2. The second kappa shape index (κ2) is 15.9. The van der Waals surface area contributed by atoms with Gasteiger partial charge in [-0.15, -0.1) is 22.7 Å². The molecule has 0 aliphatic rings. The first kappa shape index (κ1) is 40.6. The van der Waals surface area contributed by atoms with Gasteiger partial charge < -0.3 is 9.13 Å². The Bertz CT molecular complexity index is 4710. The zero-order chi connectivity index (χ0) is 47.4. The Balaban J connectivity index is 1.01. The predicted molar refractivity (Wildman–Crippen MR) is 301 cm³/mol. The lowest BCUT2D eigenvalue weighted by atomic mass is 9.96. The number of benzene rings is 10. The van der Waals surface area contributed by atoms with E-state index in [0.717, 1.165) is 82.8 Å². The molecule has 334 valence electrons. The third-order valence-electron chi connectivity index (χ3n) is 14.2. The molecule has 0 saturated carbocycles. The highest BCUT2D eigenvalue weighted by atomic mass is 32.1. The van der Waals surface area contributed by atoms with Gasteiger partial charge in [0.15, 0.2) is 17.5 Å². The average Bonchev–Trinajstić information content (AvgIpc) is 4.19. The summed E-state index contributed by atoms with van der Waals surface area (Å²) >= 11 is 3.62. The number of nitriles is 1. The highest BCUT2D eigenvalue weighted by Gasteiger charge is 2.24. The summed E-state index contributed by atoms with van der Waals surface area (Å²) in [5.41, 5.74) is 10.9. The smallest absolute Gasteiger partial charge is 0.166 e. The van der Waals surface area contributed by atoms with Crippen molar-refractivity contribution in [3.8, 4) is 62.7 Å². The van der Waals surface area contributed by atoms with E-state index in [2.05, 4.69) is 173 Å².